The third-order valence-corrected chi connectivity index (χ3v) is 6.12. The van der Waals surface area contributed by atoms with Crippen LogP contribution in [0.5, 0.6) is 0 Å². The quantitative estimate of drug-likeness (QED) is 0.682. The summed E-state index contributed by atoms with van der Waals surface area (Å²) in [7, 11) is 0. The van der Waals surface area contributed by atoms with Gasteiger partial charge in [-0.05, 0) is 44.9 Å². The largest absolute Gasteiger partial charge is 0.338 e. The second-order valence-corrected chi connectivity index (χ2v) is 7.84. The standard InChI is InChI=1S/C21H23N3OS/c1-15-13-19(16(2)24(15)18-8-4-3-5-9-18)21(25)23-11-6-7-17(14-23)20-22-10-12-26-20/h3-5,8-10,12-13,17H,6-7,11,14H2,1-2H3. The topological polar surface area (TPSA) is 38.1 Å². The number of piperidine rings is 1. The number of hydrogen-bond donors (Lipinski definition) is 0. The van der Waals surface area contributed by atoms with E-state index in [0.29, 0.717) is 5.92 Å². The smallest absolute Gasteiger partial charge is 0.255 e. The lowest BCUT2D eigenvalue weighted by atomic mass is 9.98. The number of likely N-dealkylation sites (tertiary alicyclic amines) is 1. The molecule has 1 aromatic carbocycles. The maximum atomic E-state index is 13.2. The van der Waals surface area contributed by atoms with E-state index in [4.69, 9.17) is 0 Å². The zero-order valence-corrected chi connectivity index (χ0v) is 16.0. The van der Waals surface area contributed by atoms with E-state index in [0.717, 1.165) is 53.6 Å². The zero-order valence-electron chi connectivity index (χ0n) is 15.2. The minimum atomic E-state index is 0.140. The normalized spacial score (nSPS) is 17.5. The van der Waals surface area contributed by atoms with Gasteiger partial charge in [-0.2, -0.15) is 0 Å². The molecule has 0 N–H and O–H groups in total. The van der Waals surface area contributed by atoms with Gasteiger partial charge in [-0.15, -0.1) is 11.3 Å². The molecule has 5 heteroatoms. The van der Waals surface area contributed by atoms with E-state index < -0.39 is 0 Å². The second-order valence-electron chi connectivity index (χ2n) is 6.92. The van der Waals surface area contributed by atoms with Crippen molar-refractivity contribution >= 4 is 17.2 Å². The Morgan fingerprint density at radius 3 is 2.77 bits per heavy atom. The second kappa shape index (κ2) is 7.08. The first kappa shape index (κ1) is 17.0. The van der Waals surface area contributed by atoms with Crippen LogP contribution in [-0.2, 0) is 0 Å². The molecule has 1 unspecified atom stereocenters. The first-order chi connectivity index (χ1) is 12.6. The minimum absolute atomic E-state index is 0.140. The predicted octanol–water partition coefficient (Wildman–Crippen LogP) is 4.57. The Kier molecular flexibility index (Phi) is 4.64. The number of rotatable bonds is 3. The summed E-state index contributed by atoms with van der Waals surface area (Å²) in [6.07, 6.45) is 4.00. The van der Waals surface area contributed by atoms with E-state index in [1.807, 2.05) is 47.7 Å². The van der Waals surface area contributed by atoms with Gasteiger partial charge in [0, 0.05) is 47.7 Å². The van der Waals surface area contributed by atoms with Crippen molar-refractivity contribution in [3.63, 3.8) is 0 Å². The Hall–Kier alpha value is -2.40. The average molecular weight is 366 g/mol. The summed E-state index contributed by atoms with van der Waals surface area (Å²) in [4.78, 5) is 19.7. The molecule has 0 saturated carbocycles. The van der Waals surface area contributed by atoms with Crippen LogP contribution < -0.4 is 0 Å². The number of carbonyl (C=O) groups is 1. The lowest BCUT2D eigenvalue weighted by molar-refractivity contribution is 0.0706. The molecule has 4 rings (SSSR count). The van der Waals surface area contributed by atoms with Gasteiger partial charge in [0.05, 0.1) is 10.6 Å². The number of hydrogen-bond acceptors (Lipinski definition) is 3. The van der Waals surface area contributed by atoms with E-state index in [9.17, 15) is 4.79 Å². The highest BCUT2D eigenvalue weighted by atomic mass is 32.1. The van der Waals surface area contributed by atoms with E-state index in [2.05, 4.69) is 28.6 Å². The van der Waals surface area contributed by atoms with Crippen molar-refractivity contribution in [1.29, 1.82) is 0 Å². The fourth-order valence-electron chi connectivity index (χ4n) is 3.92. The summed E-state index contributed by atoms with van der Waals surface area (Å²) in [6.45, 7) is 5.69. The monoisotopic (exact) mass is 365 g/mol. The Labute approximate surface area is 158 Å². The Morgan fingerprint density at radius 2 is 2.04 bits per heavy atom. The SMILES string of the molecule is Cc1cc(C(=O)N2CCCC(c3nccs3)C2)c(C)n1-c1ccccc1. The molecule has 1 fully saturated rings. The van der Waals surface area contributed by atoms with Crippen molar-refractivity contribution in [2.24, 2.45) is 0 Å². The molecule has 2 aromatic heterocycles. The summed E-state index contributed by atoms with van der Waals surface area (Å²) in [5.74, 6) is 0.506. The predicted molar refractivity (Wildman–Crippen MR) is 105 cm³/mol. The Morgan fingerprint density at radius 1 is 1.23 bits per heavy atom. The number of para-hydroxylation sites is 1. The van der Waals surface area contributed by atoms with Gasteiger partial charge in [0.15, 0.2) is 0 Å². The number of benzene rings is 1. The van der Waals surface area contributed by atoms with Crippen molar-refractivity contribution in [2.45, 2.75) is 32.6 Å². The van der Waals surface area contributed by atoms with E-state index in [1.165, 1.54) is 0 Å². The van der Waals surface area contributed by atoms with Crippen LogP contribution in [0.3, 0.4) is 0 Å². The first-order valence-electron chi connectivity index (χ1n) is 9.08. The third kappa shape index (κ3) is 3.07. The zero-order chi connectivity index (χ0) is 18.1. The number of thiazole rings is 1. The van der Waals surface area contributed by atoms with Crippen molar-refractivity contribution in [3.05, 3.63) is 69.9 Å². The van der Waals surface area contributed by atoms with Crippen molar-refractivity contribution in [3.8, 4) is 5.69 Å². The highest BCUT2D eigenvalue weighted by Gasteiger charge is 2.28. The summed E-state index contributed by atoms with van der Waals surface area (Å²) in [6, 6.07) is 12.2. The van der Waals surface area contributed by atoms with Gasteiger partial charge >= 0.3 is 0 Å². The molecule has 1 amide bonds. The molecule has 0 bridgehead atoms. The molecule has 0 spiro atoms. The van der Waals surface area contributed by atoms with Gasteiger partial charge in [0.2, 0.25) is 0 Å². The number of nitrogens with zero attached hydrogens (tertiary/aromatic N) is 3. The van der Waals surface area contributed by atoms with Gasteiger partial charge in [0.1, 0.15) is 0 Å². The van der Waals surface area contributed by atoms with E-state index in [1.54, 1.807) is 11.3 Å². The molecule has 0 radical (unpaired) electrons. The average Bonchev–Trinajstić information content (AvgIpc) is 3.30. The summed E-state index contributed by atoms with van der Waals surface area (Å²) in [5.41, 5.74) is 4.01. The van der Waals surface area contributed by atoms with Crippen molar-refractivity contribution in [1.82, 2.24) is 14.5 Å². The maximum Gasteiger partial charge on any atom is 0.255 e. The number of aryl methyl sites for hydroxylation is 1. The van der Waals surface area contributed by atoms with Crippen molar-refractivity contribution < 1.29 is 4.79 Å². The summed E-state index contributed by atoms with van der Waals surface area (Å²) >= 11 is 1.69. The van der Waals surface area contributed by atoms with Crippen LogP contribution in [0.15, 0.2) is 48.0 Å². The number of carbonyl (C=O) groups excluding carboxylic acids is 1. The van der Waals surface area contributed by atoms with E-state index >= 15 is 0 Å². The molecule has 3 aromatic rings. The first-order valence-corrected chi connectivity index (χ1v) is 9.96. The van der Waals surface area contributed by atoms with Crippen LogP contribution in [0.1, 0.15) is 45.5 Å². The maximum absolute atomic E-state index is 13.2. The Balaban J connectivity index is 1.61. The fourth-order valence-corrected chi connectivity index (χ4v) is 4.69. The lowest BCUT2D eigenvalue weighted by Crippen LogP contribution is -2.39. The molecule has 26 heavy (non-hydrogen) atoms. The molecular formula is C21H23N3OS. The molecule has 3 heterocycles. The molecular weight excluding hydrogens is 342 g/mol. The lowest BCUT2D eigenvalue weighted by Gasteiger charge is -2.32. The Bertz CT molecular complexity index is 899. The van der Waals surface area contributed by atoms with Crippen LogP contribution >= 0.6 is 11.3 Å². The molecule has 4 nitrogen and oxygen atoms in total. The van der Waals surface area contributed by atoms with Crippen LogP contribution in [-0.4, -0.2) is 33.4 Å². The number of amides is 1. The van der Waals surface area contributed by atoms with Crippen LogP contribution in [0, 0.1) is 13.8 Å². The molecule has 1 aliphatic rings. The van der Waals surface area contributed by atoms with E-state index in [-0.39, 0.29) is 5.91 Å². The van der Waals surface area contributed by atoms with Gasteiger partial charge < -0.3 is 9.47 Å². The highest BCUT2D eigenvalue weighted by molar-refractivity contribution is 7.09. The molecule has 1 saturated heterocycles. The van der Waals surface area contributed by atoms with Crippen molar-refractivity contribution in [2.75, 3.05) is 13.1 Å². The molecule has 1 aliphatic heterocycles. The summed E-state index contributed by atoms with van der Waals surface area (Å²) < 4.78 is 2.16. The fraction of sp³-hybridized carbons (Fsp3) is 0.333. The van der Waals surface area contributed by atoms with Gasteiger partial charge in [-0.25, -0.2) is 4.98 Å². The number of aromatic nitrogens is 2. The van der Waals surface area contributed by atoms with Gasteiger partial charge in [-0.3, -0.25) is 4.79 Å². The molecule has 1 atom stereocenters. The van der Waals surface area contributed by atoms with Crippen LogP contribution in [0.4, 0.5) is 0 Å². The van der Waals surface area contributed by atoms with Gasteiger partial charge in [-0.1, -0.05) is 18.2 Å². The third-order valence-electron chi connectivity index (χ3n) is 5.19. The van der Waals surface area contributed by atoms with Crippen LogP contribution in [0.25, 0.3) is 5.69 Å². The molecule has 134 valence electrons. The summed E-state index contributed by atoms with van der Waals surface area (Å²) in [5, 5.41) is 3.17. The minimum Gasteiger partial charge on any atom is -0.338 e. The molecule has 0 aliphatic carbocycles. The highest BCUT2D eigenvalue weighted by Crippen LogP contribution is 2.30. The van der Waals surface area contributed by atoms with Gasteiger partial charge in [0.25, 0.3) is 5.91 Å². The van der Waals surface area contributed by atoms with Crippen LogP contribution in [0.2, 0.25) is 0 Å².